The molecule has 4 aromatic rings. The number of carbonyl (C=O) groups excluding carboxylic acids is 8. The van der Waals surface area contributed by atoms with Gasteiger partial charge in [0.25, 0.3) is 47.3 Å². The van der Waals surface area contributed by atoms with E-state index in [2.05, 4.69) is 0 Å². The summed E-state index contributed by atoms with van der Waals surface area (Å²) in [5, 5.41) is 37.4. The molecular formula is C56H60N4O16Rh2. The summed E-state index contributed by atoms with van der Waals surface area (Å²) < 4.78 is 0. The molecule has 22 heteroatoms. The van der Waals surface area contributed by atoms with Gasteiger partial charge in [-0.1, -0.05) is 132 Å². The van der Waals surface area contributed by atoms with Crippen molar-refractivity contribution in [3.05, 3.63) is 142 Å². The SMILES string of the molecule is CC(C)(C)C(C(=O)O)N1C(=O)c2ccccc2C1=O.CC(C)(C)[C@@H](C(=O)O)N1C(=O)c2ccccc2C1=O.CC(C)(C)[C@@H](C(=O)O)N1C(=O)c2ccccc2C1=O.CC(C)(C)[C@@H](C(=O)O)N1C(=O)c2ccccc2C1=O.[Rh].[Rh]. The average Bonchev–Trinajstić information content (AvgIpc) is 3.90. The van der Waals surface area contributed by atoms with Crippen molar-refractivity contribution < 1.29 is 117 Å². The van der Waals surface area contributed by atoms with Crippen molar-refractivity contribution >= 4 is 71.1 Å². The van der Waals surface area contributed by atoms with Gasteiger partial charge in [-0.05, 0) is 70.2 Å². The van der Waals surface area contributed by atoms with Crippen molar-refractivity contribution in [3.63, 3.8) is 0 Å². The van der Waals surface area contributed by atoms with E-state index in [-0.39, 0.29) is 83.5 Å². The van der Waals surface area contributed by atoms with Crippen LogP contribution in [-0.2, 0) is 58.1 Å². The summed E-state index contributed by atoms with van der Waals surface area (Å²) in [5.41, 5.74) is -0.814. The van der Waals surface area contributed by atoms with Gasteiger partial charge in [-0.15, -0.1) is 0 Å². The van der Waals surface area contributed by atoms with Crippen LogP contribution in [0.3, 0.4) is 0 Å². The van der Waals surface area contributed by atoms with Crippen molar-refractivity contribution in [2.24, 2.45) is 21.7 Å². The van der Waals surface area contributed by atoms with Crippen LogP contribution in [0.5, 0.6) is 0 Å². The van der Waals surface area contributed by atoms with Crippen molar-refractivity contribution in [2.75, 3.05) is 0 Å². The van der Waals surface area contributed by atoms with Gasteiger partial charge in [0, 0.05) is 39.0 Å². The van der Waals surface area contributed by atoms with E-state index in [0.29, 0.717) is 0 Å². The Morgan fingerprint density at radius 3 is 0.462 bits per heavy atom. The van der Waals surface area contributed by atoms with E-state index in [1.165, 1.54) is 48.5 Å². The van der Waals surface area contributed by atoms with Crippen molar-refractivity contribution in [2.45, 2.75) is 107 Å². The number of fused-ring (bicyclic) bond motifs is 4. The number of nitrogens with zero attached hydrogens (tertiary/aromatic N) is 4. The molecule has 0 aliphatic carbocycles. The minimum absolute atomic E-state index is 0. The summed E-state index contributed by atoms with van der Waals surface area (Å²) in [6, 6.07) is 20.8. The Morgan fingerprint density at radius 1 is 0.282 bits per heavy atom. The van der Waals surface area contributed by atoms with Gasteiger partial charge >= 0.3 is 23.9 Å². The van der Waals surface area contributed by atoms with E-state index in [4.69, 9.17) is 0 Å². The maximum Gasteiger partial charge on any atom is 0.327 e. The summed E-state index contributed by atoms with van der Waals surface area (Å²) >= 11 is 0. The molecule has 8 rings (SSSR count). The van der Waals surface area contributed by atoms with Crippen molar-refractivity contribution in [3.8, 4) is 0 Å². The zero-order valence-corrected chi connectivity index (χ0v) is 48.0. The van der Waals surface area contributed by atoms with E-state index in [9.17, 15) is 78.0 Å². The number of benzene rings is 4. The van der Waals surface area contributed by atoms with Crippen LogP contribution in [0.4, 0.5) is 0 Å². The quantitative estimate of drug-likeness (QED) is 0.101. The predicted molar refractivity (Wildman–Crippen MR) is 271 cm³/mol. The minimum atomic E-state index is -1.18. The fourth-order valence-corrected chi connectivity index (χ4v) is 9.24. The largest absolute Gasteiger partial charge is 0.480 e. The van der Waals surface area contributed by atoms with Gasteiger partial charge in [0.1, 0.15) is 24.2 Å². The monoisotopic (exact) mass is 1250 g/mol. The Morgan fingerprint density at radius 2 is 0.385 bits per heavy atom. The topological polar surface area (TPSA) is 299 Å². The molecule has 4 aromatic carbocycles. The van der Waals surface area contributed by atoms with Crippen LogP contribution in [0.25, 0.3) is 0 Å². The summed E-state index contributed by atoms with van der Waals surface area (Å²) in [6.07, 6.45) is 0. The van der Waals surface area contributed by atoms with Gasteiger partial charge in [0.2, 0.25) is 0 Å². The van der Waals surface area contributed by atoms with Gasteiger partial charge in [0.05, 0.1) is 44.5 Å². The fraction of sp³-hybridized carbons (Fsp3) is 0.357. The number of carbonyl (C=O) groups is 12. The number of carboxylic acid groups (broad SMARTS) is 4. The zero-order chi connectivity index (χ0) is 57.5. The molecule has 4 N–H and O–H groups in total. The molecule has 418 valence electrons. The fourth-order valence-electron chi connectivity index (χ4n) is 9.24. The van der Waals surface area contributed by atoms with E-state index < -0.39 is 117 Å². The molecule has 4 heterocycles. The van der Waals surface area contributed by atoms with Gasteiger partial charge in [-0.25, -0.2) is 19.2 Å². The normalized spacial score (nSPS) is 16.1. The summed E-state index contributed by atoms with van der Waals surface area (Å²) in [6.45, 7) is 20.3. The first-order chi connectivity index (χ1) is 35.0. The predicted octanol–water partition coefficient (Wildman–Crippen LogP) is 7.12. The third kappa shape index (κ3) is 12.8. The van der Waals surface area contributed by atoms with E-state index in [1.54, 1.807) is 132 Å². The van der Waals surface area contributed by atoms with Gasteiger partial charge in [0.15, 0.2) is 0 Å². The van der Waals surface area contributed by atoms with Crippen LogP contribution in [0, 0.1) is 21.7 Å². The molecule has 4 aliphatic rings. The second-order valence-electron chi connectivity index (χ2n) is 22.5. The molecule has 4 aliphatic heterocycles. The molecule has 0 saturated carbocycles. The summed E-state index contributed by atoms with van der Waals surface area (Å²) in [5.74, 6) is -9.03. The van der Waals surface area contributed by atoms with Crippen molar-refractivity contribution in [1.29, 1.82) is 0 Å². The van der Waals surface area contributed by atoms with Gasteiger partial charge in [-0.3, -0.25) is 58.0 Å². The molecule has 78 heavy (non-hydrogen) atoms. The molecule has 2 radical (unpaired) electrons. The standard InChI is InChI=1S/4C14H15NO4.2Rh/c4*1-14(2,3)10(13(18)19)15-11(16)8-6-4-5-7-9(8)12(15)17;;/h4*4-7,10H,1-3H3,(H,18,19);;/t3*10-;;;/m111.../s1. The second-order valence-corrected chi connectivity index (χ2v) is 22.5. The third-order valence-corrected chi connectivity index (χ3v) is 12.6. The van der Waals surface area contributed by atoms with Crippen LogP contribution in [0.1, 0.15) is 166 Å². The Labute approximate surface area is 475 Å². The third-order valence-electron chi connectivity index (χ3n) is 12.6. The van der Waals surface area contributed by atoms with E-state index in [0.717, 1.165) is 19.6 Å². The van der Waals surface area contributed by atoms with Crippen LogP contribution < -0.4 is 0 Å². The summed E-state index contributed by atoms with van der Waals surface area (Å²) in [7, 11) is 0. The van der Waals surface area contributed by atoms with Crippen LogP contribution in [0.2, 0.25) is 0 Å². The molecule has 4 atom stereocenters. The maximum absolute atomic E-state index is 12.2. The molecule has 8 amide bonds. The van der Waals surface area contributed by atoms with Crippen molar-refractivity contribution in [1.82, 2.24) is 19.6 Å². The number of imide groups is 4. The Balaban J connectivity index is 0.000000271. The Bertz CT molecular complexity index is 2570. The number of rotatable bonds is 8. The average molecular weight is 1250 g/mol. The summed E-state index contributed by atoms with van der Waals surface area (Å²) in [4.78, 5) is 147. The molecule has 0 fully saturated rings. The van der Waals surface area contributed by atoms with E-state index in [1.807, 2.05) is 0 Å². The molecule has 20 nitrogen and oxygen atoms in total. The first-order valence-electron chi connectivity index (χ1n) is 23.8. The number of hydrogen-bond acceptors (Lipinski definition) is 12. The van der Waals surface area contributed by atoms with E-state index >= 15 is 0 Å². The first-order valence-corrected chi connectivity index (χ1v) is 23.8. The molecule has 0 aromatic heterocycles. The zero-order valence-electron chi connectivity index (χ0n) is 44.7. The number of hydrogen-bond donors (Lipinski definition) is 4. The molecule has 0 bridgehead atoms. The van der Waals surface area contributed by atoms with Crippen LogP contribution in [0.15, 0.2) is 97.1 Å². The number of aliphatic carboxylic acids is 4. The first kappa shape index (κ1) is 64.9. The minimum Gasteiger partial charge on any atom is -0.480 e. The molecule has 1 unspecified atom stereocenters. The van der Waals surface area contributed by atoms with Crippen LogP contribution in [-0.4, -0.2) is 135 Å². The Kier molecular flexibility index (Phi) is 20.0. The molecule has 0 spiro atoms. The van der Waals surface area contributed by atoms with Gasteiger partial charge in [-0.2, -0.15) is 0 Å². The maximum atomic E-state index is 12.2. The number of amides is 8. The van der Waals surface area contributed by atoms with Gasteiger partial charge < -0.3 is 20.4 Å². The Hall–Kier alpha value is -7.43. The number of carboxylic acids is 4. The second kappa shape index (κ2) is 24.1. The van der Waals surface area contributed by atoms with Crippen LogP contribution >= 0.6 is 0 Å². The molecule has 0 saturated heterocycles. The molecular weight excluding hydrogens is 1190 g/mol. The smallest absolute Gasteiger partial charge is 0.327 e.